The molecule has 1 heterocycles. The van der Waals surface area contributed by atoms with Crippen LogP contribution in [0.2, 0.25) is 0 Å². The molecule has 0 spiro atoms. The third-order valence-electron chi connectivity index (χ3n) is 2.82. The number of hydrogen-bond donors (Lipinski definition) is 2. The van der Waals surface area contributed by atoms with E-state index in [1.807, 2.05) is 32.6 Å². The Bertz CT molecular complexity index is 334. The first-order valence-corrected chi connectivity index (χ1v) is 6.42. The van der Waals surface area contributed by atoms with Crippen LogP contribution in [0.15, 0.2) is 11.1 Å². The van der Waals surface area contributed by atoms with Gasteiger partial charge in [-0.25, -0.2) is 0 Å². The number of nitrogens with one attached hydrogen (secondary N) is 1. The Kier molecular flexibility index (Phi) is 4.83. The lowest BCUT2D eigenvalue weighted by Gasteiger charge is -2.26. The van der Waals surface area contributed by atoms with Crippen molar-refractivity contribution in [3.8, 4) is 0 Å². The van der Waals surface area contributed by atoms with Gasteiger partial charge in [-0.1, -0.05) is 0 Å². The topological polar surface area (TPSA) is 50.1 Å². The van der Waals surface area contributed by atoms with Crippen LogP contribution >= 0.6 is 11.8 Å². The molecule has 1 unspecified atom stereocenters. The number of likely N-dealkylation sites (N-methyl/N-ethyl adjacent to an activating group) is 1. The lowest BCUT2D eigenvalue weighted by atomic mass is 10.0. The summed E-state index contributed by atoms with van der Waals surface area (Å²) in [6, 6.07) is 2.08. The average molecular weight is 243 g/mol. The Morgan fingerprint density at radius 2 is 2.31 bits per heavy atom. The van der Waals surface area contributed by atoms with Crippen molar-refractivity contribution in [2.45, 2.75) is 30.8 Å². The highest BCUT2D eigenvalue weighted by atomic mass is 32.2. The summed E-state index contributed by atoms with van der Waals surface area (Å²) in [6.07, 6.45) is 0.925. The van der Waals surface area contributed by atoms with Crippen LogP contribution in [-0.2, 0) is 7.05 Å². The smallest absolute Gasteiger partial charge is 0.0939 e. The molecule has 92 valence electrons. The maximum atomic E-state index is 9.25. The van der Waals surface area contributed by atoms with Crippen molar-refractivity contribution in [2.75, 3.05) is 19.4 Å². The number of aromatic nitrogens is 2. The van der Waals surface area contributed by atoms with Gasteiger partial charge in [-0.2, -0.15) is 5.10 Å². The Labute approximate surface area is 101 Å². The summed E-state index contributed by atoms with van der Waals surface area (Å²) >= 11 is 1.77. The summed E-state index contributed by atoms with van der Waals surface area (Å²) in [5.74, 6) is 0.969. The molecule has 5 heteroatoms. The Morgan fingerprint density at radius 3 is 2.75 bits per heavy atom. The molecule has 0 bridgehead atoms. The second-order valence-electron chi connectivity index (χ2n) is 4.31. The Balaban J connectivity index is 2.44. The molecule has 1 atom stereocenters. The minimum atomic E-state index is -0.180. The number of aliphatic hydroxyl groups is 1. The van der Waals surface area contributed by atoms with Crippen LogP contribution in [0.3, 0.4) is 0 Å². The molecule has 0 aliphatic rings. The number of aryl methyl sites for hydroxylation is 2. The van der Waals surface area contributed by atoms with Crippen LogP contribution in [0.1, 0.15) is 19.0 Å². The van der Waals surface area contributed by atoms with Gasteiger partial charge in [-0.3, -0.25) is 4.68 Å². The summed E-state index contributed by atoms with van der Waals surface area (Å²) in [4.78, 5) is 0. The lowest BCUT2D eigenvalue weighted by molar-refractivity contribution is 0.179. The molecule has 0 radical (unpaired) electrons. The fraction of sp³-hybridized carbons (Fsp3) is 0.727. The van der Waals surface area contributed by atoms with Gasteiger partial charge >= 0.3 is 0 Å². The summed E-state index contributed by atoms with van der Waals surface area (Å²) in [5.41, 5.74) is 0.865. The first-order valence-electron chi connectivity index (χ1n) is 5.44. The third kappa shape index (κ3) is 3.50. The van der Waals surface area contributed by atoms with Gasteiger partial charge < -0.3 is 10.4 Å². The van der Waals surface area contributed by atoms with Gasteiger partial charge in [-0.05, 0) is 33.4 Å². The number of nitrogens with zero attached hydrogens (tertiary/aromatic N) is 2. The van der Waals surface area contributed by atoms with E-state index in [4.69, 9.17) is 0 Å². The molecule has 0 amide bonds. The summed E-state index contributed by atoms with van der Waals surface area (Å²) in [5, 5.41) is 17.9. The van der Waals surface area contributed by atoms with Gasteiger partial charge in [-0.15, -0.1) is 11.8 Å². The van der Waals surface area contributed by atoms with E-state index in [9.17, 15) is 5.11 Å². The predicted molar refractivity (Wildman–Crippen MR) is 67.8 cm³/mol. The quantitative estimate of drug-likeness (QED) is 0.737. The molecule has 0 aromatic carbocycles. The van der Waals surface area contributed by atoms with E-state index in [0.717, 1.165) is 17.9 Å². The molecule has 4 nitrogen and oxygen atoms in total. The van der Waals surface area contributed by atoms with Crippen molar-refractivity contribution in [1.29, 1.82) is 0 Å². The van der Waals surface area contributed by atoms with E-state index >= 15 is 0 Å². The monoisotopic (exact) mass is 243 g/mol. The van der Waals surface area contributed by atoms with E-state index in [-0.39, 0.29) is 12.1 Å². The standard InChI is InChI=1S/C11H21N3OS/c1-9-7-10(14(4)13-9)16-6-5-11(2,8-15)12-3/h7,12,15H,5-6,8H2,1-4H3. The van der Waals surface area contributed by atoms with Crippen molar-refractivity contribution in [3.05, 3.63) is 11.8 Å². The van der Waals surface area contributed by atoms with Gasteiger partial charge in [0.05, 0.1) is 17.3 Å². The maximum absolute atomic E-state index is 9.25. The Hall–Kier alpha value is -0.520. The van der Waals surface area contributed by atoms with Crippen LogP contribution in [0, 0.1) is 6.92 Å². The second-order valence-corrected chi connectivity index (χ2v) is 5.43. The van der Waals surface area contributed by atoms with Gasteiger partial charge in [0.2, 0.25) is 0 Å². The first-order chi connectivity index (χ1) is 7.50. The molecular weight excluding hydrogens is 222 g/mol. The van der Waals surface area contributed by atoms with E-state index in [0.29, 0.717) is 0 Å². The summed E-state index contributed by atoms with van der Waals surface area (Å²) < 4.78 is 1.90. The zero-order chi connectivity index (χ0) is 12.2. The van der Waals surface area contributed by atoms with E-state index in [1.54, 1.807) is 11.8 Å². The van der Waals surface area contributed by atoms with E-state index in [1.165, 1.54) is 5.03 Å². The van der Waals surface area contributed by atoms with Gasteiger partial charge in [0.25, 0.3) is 0 Å². The molecule has 16 heavy (non-hydrogen) atoms. The van der Waals surface area contributed by atoms with Gasteiger partial charge in [0.1, 0.15) is 0 Å². The van der Waals surface area contributed by atoms with Crippen molar-refractivity contribution in [1.82, 2.24) is 15.1 Å². The first kappa shape index (κ1) is 13.5. The maximum Gasteiger partial charge on any atom is 0.0939 e. The molecule has 1 aromatic rings. The molecule has 1 aromatic heterocycles. The Morgan fingerprint density at radius 1 is 1.62 bits per heavy atom. The van der Waals surface area contributed by atoms with Gasteiger partial charge in [0.15, 0.2) is 0 Å². The zero-order valence-corrected chi connectivity index (χ0v) is 11.3. The summed E-state index contributed by atoms with van der Waals surface area (Å²) in [6.45, 7) is 4.19. The number of hydrogen-bond acceptors (Lipinski definition) is 4. The third-order valence-corrected chi connectivity index (χ3v) is 3.90. The second kappa shape index (κ2) is 5.70. The van der Waals surface area contributed by atoms with Crippen molar-refractivity contribution >= 4 is 11.8 Å². The van der Waals surface area contributed by atoms with Crippen molar-refractivity contribution in [3.63, 3.8) is 0 Å². The number of aliphatic hydroxyl groups excluding tert-OH is 1. The SMILES string of the molecule is CNC(C)(CO)CCSc1cc(C)nn1C. The van der Waals surface area contributed by atoms with Gasteiger partial charge in [0, 0.05) is 18.3 Å². The number of rotatable bonds is 6. The minimum Gasteiger partial charge on any atom is -0.394 e. The fourth-order valence-corrected chi connectivity index (χ4v) is 2.63. The largest absolute Gasteiger partial charge is 0.394 e. The molecule has 0 aliphatic carbocycles. The normalized spacial score (nSPS) is 15.1. The van der Waals surface area contributed by atoms with Crippen LogP contribution in [0.5, 0.6) is 0 Å². The lowest BCUT2D eigenvalue weighted by Crippen LogP contribution is -2.43. The van der Waals surface area contributed by atoms with E-state index in [2.05, 4.69) is 16.5 Å². The molecule has 0 saturated heterocycles. The molecule has 0 aliphatic heterocycles. The molecule has 0 saturated carbocycles. The zero-order valence-electron chi connectivity index (χ0n) is 10.4. The van der Waals surface area contributed by atoms with Crippen LogP contribution in [0.4, 0.5) is 0 Å². The van der Waals surface area contributed by atoms with Crippen molar-refractivity contribution in [2.24, 2.45) is 7.05 Å². The van der Waals surface area contributed by atoms with E-state index < -0.39 is 0 Å². The molecule has 0 fully saturated rings. The molecular formula is C11H21N3OS. The molecule has 2 N–H and O–H groups in total. The average Bonchev–Trinajstić information content (AvgIpc) is 2.57. The predicted octanol–water partition coefficient (Wildman–Crippen LogP) is 1.18. The van der Waals surface area contributed by atoms with Crippen LogP contribution < -0.4 is 5.32 Å². The van der Waals surface area contributed by atoms with Crippen LogP contribution in [0.25, 0.3) is 0 Å². The van der Waals surface area contributed by atoms with Crippen LogP contribution in [-0.4, -0.2) is 39.8 Å². The highest BCUT2D eigenvalue weighted by Crippen LogP contribution is 2.21. The number of thioether (sulfide) groups is 1. The fourth-order valence-electron chi connectivity index (χ4n) is 1.39. The molecule has 1 rings (SSSR count). The summed E-state index contributed by atoms with van der Waals surface area (Å²) in [7, 11) is 3.84. The highest BCUT2D eigenvalue weighted by molar-refractivity contribution is 7.99. The van der Waals surface area contributed by atoms with Crippen molar-refractivity contribution < 1.29 is 5.11 Å². The minimum absolute atomic E-state index is 0.161. The highest BCUT2D eigenvalue weighted by Gasteiger charge is 2.20.